The SMILES string of the molecule is CC(=O)c1ccc(N2CCCC2(C)C)c(Br)c1. The molecular formula is C14H18BrNO. The molecule has 0 atom stereocenters. The minimum Gasteiger partial charge on any atom is -0.366 e. The Labute approximate surface area is 111 Å². The van der Waals surface area contributed by atoms with E-state index in [0.29, 0.717) is 0 Å². The average Bonchev–Trinajstić information content (AvgIpc) is 2.58. The first-order valence-electron chi connectivity index (χ1n) is 6.00. The molecule has 2 nitrogen and oxygen atoms in total. The zero-order valence-corrected chi connectivity index (χ0v) is 12.2. The van der Waals surface area contributed by atoms with Crippen LogP contribution in [0.4, 0.5) is 5.69 Å². The molecule has 0 saturated carbocycles. The highest BCUT2D eigenvalue weighted by molar-refractivity contribution is 9.10. The van der Waals surface area contributed by atoms with Crippen LogP contribution in [-0.2, 0) is 0 Å². The summed E-state index contributed by atoms with van der Waals surface area (Å²) < 4.78 is 1.01. The van der Waals surface area contributed by atoms with Crippen molar-refractivity contribution >= 4 is 27.4 Å². The number of carbonyl (C=O) groups is 1. The number of halogens is 1. The van der Waals surface area contributed by atoms with E-state index in [1.807, 2.05) is 18.2 Å². The Kier molecular flexibility index (Phi) is 3.30. The van der Waals surface area contributed by atoms with Crippen LogP contribution in [0.3, 0.4) is 0 Å². The summed E-state index contributed by atoms with van der Waals surface area (Å²) in [5.41, 5.74) is 2.16. The van der Waals surface area contributed by atoms with Gasteiger partial charge in [0.2, 0.25) is 0 Å². The minimum atomic E-state index is 0.109. The number of benzene rings is 1. The number of nitrogens with zero attached hydrogens (tertiary/aromatic N) is 1. The highest BCUT2D eigenvalue weighted by Crippen LogP contribution is 2.37. The standard InChI is InChI=1S/C14H18BrNO/c1-10(17)11-5-6-13(12(15)9-11)16-8-4-7-14(16,2)3/h5-6,9H,4,7-8H2,1-3H3. The van der Waals surface area contributed by atoms with Crippen LogP contribution in [0.25, 0.3) is 0 Å². The van der Waals surface area contributed by atoms with Crippen LogP contribution in [0.15, 0.2) is 22.7 Å². The van der Waals surface area contributed by atoms with Crippen molar-refractivity contribution in [2.24, 2.45) is 0 Å². The molecule has 1 heterocycles. The molecule has 1 aliphatic rings. The number of ketones is 1. The summed E-state index contributed by atoms with van der Waals surface area (Å²) in [5, 5.41) is 0. The highest BCUT2D eigenvalue weighted by Gasteiger charge is 2.32. The number of carbonyl (C=O) groups excluding carboxylic acids is 1. The molecule has 1 aromatic carbocycles. The highest BCUT2D eigenvalue weighted by atomic mass is 79.9. The monoisotopic (exact) mass is 295 g/mol. The Bertz CT molecular complexity index is 454. The Morgan fingerprint density at radius 3 is 2.59 bits per heavy atom. The summed E-state index contributed by atoms with van der Waals surface area (Å²) in [4.78, 5) is 13.7. The Balaban J connectivity index is 2.37. The van der Waals surface area contributed by atoms with E-state index in [1.165, 1.54) is 18.5 Å². The molecular weight excluding hydrogens is 278 g/mol. The predicted molar refractivity (Wildman–Crippen MR) is 74.8 cm³/mol. The molecule has 1 aliphatic heterocycles. The molecule has 1 saturated heterocycles. The number of hydrogen-bond acceptors (Lipinski definition) is 2. The summed E-state index contributed by atoms with van der Waals surface area (Å²) in [6.07, 6.45) is 2.45. The van der Waals surface area contributed by atoms with E-state index in [2.05, 4.69) is 34.7 Å². The van der Waals surface area contributed by atoms with Crippen LogP contribution in [0, 0.1) is 0 Å². The number of Topliss-reactive ketones (excluding diaryl/α,β-unsaturated/α-hetero) is 1. The van der Waals surface area contributed by atoms with E-state index in [4.69, 9.17) is 0 Å². The van der Waals surface area contributed by atoms with Crippen molar-refractivity contribution in [3.8, 4) is 0 Å². The number of rotatable bonds is 2. The zero-order valence-electron chi connectivity index (χ0n) is 10.6. The molecule has 17 heavy (non-hydrogen) atoms. The third kappa shape index (κ3) is 2.39. The maximum absolute atomic E-state index is 11.3. The first-order valence-corrected chi connectivity index (χ1v) is 6.79. The van der Waals surface area contributed by atoms with Crippen molar-refractivity contribution in [1.29, 1.82) is 0 Å². The van der Waals surface area contributed by atoms with Crippen LogP contribution < -0.4 is 4.90 Å². The summed E-state index contributed by atoms with van der Waals surface area (Å²) in [7, 11) is 0. The second kappa shape index (κ2) is 4.45. The van der Waals surface area contributed by atoms with Crippen LogP contribution in [0.1, 0.15) is 44.0 Å². The average molecular weight is 296 g/mol. The van der Waals surface area contributed by atoms with Gasteiger partial charge in [0.1, 0.15) is 0 Å². The molecule has 92 valence electrons. The maximum Gasteiger partial charge on any atom is 0.159 e. The van der Waals surface area contributed by atoms with Gasteiger partial charge in [0.25, 0.3) is 0 Å². The van der Waals surface area contributed by atoms with Gasteiger partial charge < -0.3 is 4.90 Å². The molecule has 3 heteroatoms. The summed E-state index contributed by atoms with van der Waals surface area (Å²) >= 11 is 3.58. The largest absolute Gasteiger partial charge is 0.366 e. The fourth-order valence-corrected chi connectivity index (χ4v) is 3.09. The quantitative estimate of drug-likeness (QED) is 0.768. The predicted octanol–water partition coefficient (Wildman–Crippen LogP) is 4.03. The molecule has 1 fully saturated rings. The number of anilines is 1. The van der Waals surface area contributed by atoms with E-state index >= 15 is 0 Å². The first kappa shape index (κ1) is 12.6. The molecule has 0 N–H and O–H groups in total. The van der Waals surface area contributed by atoms with Crippen molar-refractivity contribution < 1.29 is 4.79 Å². The molecule has 0 radical (unpaired) electrons. The lowest BCUT2D eigenvalue weighted by molar-refractivity contribution is 0.101. The molecule has 0 bridgehead atoms. The van der Waals surface area contributed by atoms with E-state index in [1.54, 1.807) is 6.92 Å². The third-order valence-electron chi connectivity index (χ3n) is 3.55. The van der Waals surface area contributed by atoms with Crippen LogP contribution >= 0.6 is 15.9 Å². The van der Waals surface area contributed by atoms with Gasteiger partial charge in [-0.05, 0) is 67.7 Å². The van der Waals surface area contributed by atoms with Gasteiger partial charge in [-0.1, -0.05) is 0 Å². The molecule has 0 spiro atoms. The van der Waals surface area contributed by atoms with Crippen molar-refractivity contribution in [1.82, 2.24) is 0 Å². The Hall–Kier alpha value is -0.830. The van der Waals surface area contributed by atoms with Gasteiger partial charge in [-0.2, -0.15) is 0 Å². The van der Waals surface area contributed by atoms with E-state index in [0.717, 1.165) is 16.6 Å². The van der Waals surface area contributed by atoms with E-state index in [-0.39, 0.29) is 11.3 Å². The van der Waals surface area contributed by atoms with Crippen molar-refractivity contribution in [3.05, 3.63) is 28.2 Å². The summed E-state index contributed by atoms with van der Waals surface area (Å²) in [6.45, 7) is 7.23. The van der Waals surface area contributed by atoms with E-state index < -0.39 is 0 Å². The molecule has 2 rings (SSSR count). The Morgan fingerprint density at radius 1 is 1.41 bits per heavy atom. The topological polar surface area (TPSA) is 20.3 Å². The molecule has 1 aromatic rings. The van der Waals surface area contributed by atoms with Crippen molar-refractivity contribution in [2.45, 2.75) is 39.2 Å². The summed E-state index contributed by atoms with van der Waals surface area (Å²) in [5.74, 6) is 0.109. The van der Waals surface area contributed by atoms with Crippen LogP contribution in [-0.4, -0.2) is 17.9 Å². The molecule has 0 aliphatic carbocycles. The second-order valence-corrected chi connectivity index (χ2v) is 6.14. The number of hydrogen-bond donors (Lipinski definition) is 0. The maximum atomic E-state index is 11.3. The third-order valence-corrected chi connectivity index (χ3v) is 4.18. The van der Waals surface area contributed by atoms with Crippen molar-refractivity contribution in [3.63, 3.8) is 0 Å². The van der Waals surface area contributed by atoms with Gasteiger partial charge >= 0.3 is 0 Å². The lowest BCUT2D eigenvalue weighted by atomic mass is 10.0. The Morgan fingerprint density at radius 2 is 2.12 bits per heavy atom. The zero-order chi connectivity index (χ0) is 12.6. The van der Waals surface area contributed by atoms with Gasteiger partial charge in [-0.15, -0.1) is 0 Å². The molecule has 0 aromatic heterocycles. The van der Waals surface area contributed by atoms with E-state index in [9.17, 15) is 4.79 Å². The van der Waals surface area contributed by atoms with Gasteiger partial charge in [-0.3, -0.25) is 4.79 Å². The molecule has 0 unspecified atom stereocenters. The lowest BCUT2D eigenvalue weighted by Gasteiger charge is -2.34. The second-order valence-electron chi connectivity index (χ2n) is 5.29. The van der Waals surface area contributed by atoms with Crippen LogP contribution in [0.2, 0.25) is 0 Å². The van der Waals surface area contributed by atoms with Crippen molar-refractivity contribution in [2.75, 3.05) is 11.4 Å². The normalized spacial score (nSPS) is 18.5. The smallest absolute Gasteiger partial charge is 0.159 e. The first-order chi connectivity index (χ1) is 7.92. The fourth-order valence-electron chi connectivity index (χ4n) is 2.50. The van der Waals surface area contributed by atoms with Crippen LogP contribution in [0.5, 0.6) is 0 Å². The molecule has 0 amide bonds. The summed E-state index contributed by atoms with van der Waals surface area (Å²) in [6, 6.07) is 5.89. The minimum absolute atomic E-state index is 0.109. The van der Waals surface area contributed by atoms with Gasteiger partial charge in [0.15, 0.2) is 5.78 Å². The lowest BCUT2D eigenvalue weighted by Crippen LogP contribution is -2.38. The van der Waals surface area contributed by atoms with Gasteiger partial charge in [0, 0.05) is 22.1 Å². The van der Waals surface area contributed by atoms with Gasteiger partial charge in [0.05, 0.1) is 5.69 Å². The van der Waals surface area contributed by atoms with Gasteiger partial charge in [-0.25, -0.2) is 0 Å². The fraction of sp³-hybridized carbons (Fsp3) is 0.500.